The molecule has 0 aliphatic heterocycles. The second kappa shape index (κ2) is 59.4. The number of phosphoric acid groups is 2. The van der Waals surface area contributed by atoms with E-state index in [1.54, 1.807) is 0 Å². The SMILES string of the molecule is CCCCCCCCCC(=O)OC[C@H](COP(=O)(O)OC[C@H](O)COP(=O)(O)OC[C@@H](COC(=O)CCCCCCCCCCCCCC(C)C)OC(=O)CCCCCCCCCCCCCCCCCC(C)C)OC(=O)CCCCCCCCC. The van der Waals surface area contributed by atoms with Gasteiger partial charge in [-0.3, -0.25) is 37.3 Å². The van der Waals surface area contributed by atoms with Crippen molar-refractivity contribution in [2.75, 3.05) is 39.6 Å². The summed E-state index contributed by atoms with van der Waals surface area (Å²) in [5.41, 5.74) is 0. The van der Waals surface area contributed by atoms with Gasteiger partial charge in [0.1, 0.15) is 19.3 Å². The summed E-state index contributed by atoms with van der Waals surface area (Å²) < 4.78 is 67.9. The van der Waals surface area contributed by atoms with Crippen molar-refractivity contribution in [2.24, 2.45) is 11.8 Å². The maximum atomic E-state index is 13.0. The van der Waals surface area contributed by atoms with Crippen molar-refractivity contribution in [2.45, 2.75) is 355 Å². The number of unbranched alkanes of at least 4 members (excludes halogenated alkanes) is 36. The first-order chi connectivity index (χ1) is 41.4. The van der Waals surface area contributed by atoms with Gasteiger partial charge in [-0.2, -0.15) is 0 Å². The zero-order valence-corrected chi connectivity index (χ0v) is 57.4. The van der Waals surface area contributed by atoms with E-state index in [0.29, 0.717) is 25.7 Å². The summed E-state index contributed by atoms with van der Waals surface area (Å²) in [4.78, 5) is 72.1. The average molecular weight is 1270 g/mol. The van der Waals surface area contributed by atoms with E-state index in [2.05, 4.69) is 41.5 Å². The molecule has 0 saturated heterocycles. The third-order valence-electron chi connectivity index (χ3n) is 15.5. The smallest absolute Gasteiger partial charge is 0.462 e. The van der Waals surface area contributed by atoms with Crippen molar-refractivity contribution in [1.29, 1.82) is 0 Å². The summed E-state index contributed by atoms with van der Waals surface area (Å²) in [5, 5.41) is 10.5. The van der Waals surface area contributed by atoms with Gasteiger partial charge in [-0.15, -0.1) is 0 Å². The Morgan fingerprint density at radius 2 is 0.535 bits per heavy atom. The first-order valence-electron chi connectivity index (χ1n) is 35.0. The van der Waals surface area contributed by atoms with Gasteiger partial charge < -0.3 is 33.8 Å². The van der Waals surface area contributed by atoms with Crippen molar-refractivity contribution in [3.8, 4) is 0 Å². The molecule has 0 aromatic rings. The molecule has 3 N–H and O–H groups in total. The minimum Gasteiger partial charge on any atom is -0.462 e. The minimum absolute atomic E-state index is 0.103. The number of aliphatic hydroxyl groups is 1. The Balaban J connectivity index is 5.16. The molecule has 5 atom stereocenters. The molecule has 86 heavy (non-hydrogen) atoms. The third-order valence-corrected chi connectivity index (χ3v) is 17.4. The van der Waals surface area contributed by atoms with Crippen LogP contribution in [0.1, 0.15) is 337 Å². The average Bonchev–Trinajstić information content (AvgIpc) is 3.69. The predicted molar refractivity (Wildman–Crippen MR) is 345 cm³/mol. The van der Waals surface area contributed by atoms with Gasteiger partial charge in [0.05, 0.1) is 26.4 Å². The molecular formula is C67H130O17P2. The minimum atomic E-state index is -4.95. The molecule has 0 rings (SSSR count). The second-order valence-electron chi connectivity index (χ2n) is 25.2. The van der Waals surface area contributed by atoms with Gasteiger partial charge in [-0.25, -0.2) is 9.13 Å². The molecule has 2 unspecified atom stereocenters. The van der Waals surface area contributed by atoms with Gasteiger partial charge in [0.25, 0.3) is 0 Å². The number of phosphoric ester groups is 2. The van der Waals surface area contributed by atoms with Crippen molar-refractivity contribution in [3.63, 3.8) is 0 Å². The molecule has 19 heteroatoms. The van der Waals surface area contributed by atoms with Crippen LogP contribution < -0.4 is 0 Å². The van der Waals surface area contributed by atoms with E-state index in [0.717, 1.165) is 127 Å². The molecule has 0 aromatic carbocycles. The fourth-order valence-electron chi connectivity index (χ4n) is 10.1. The monoisotopic (exact) mass is 1270 g/mol. The van der Waals surface area contributed by atoms with E-state index in [1.165, 1.54) is 128 Å². The Labute approximate surface area is 524 Å². The third kappa shape index (κ3) is 60.9. The van der Waals surface area contributed by atoms with Crippen LogP contribution in [0.5, 0.6) is 0 Å². The van der Waals surface area contributed by atoms with Crippen molar-refractivity contribution < 1.29 is 80.2 Å². The largest absolute Gasteiger partial charge is 0.472 e. The molecule has 0 aromatic heterocycles. The molecule has 0 aliphatic rings. The standard InChI is InChI=1S/C67H130O17P2/c1-7-9-11-13-29-37-43-49-64(69)77-55-62(83-66(71)51-45-39-30-14-12-10-8-2)57-81-85(73,74)79-53-61(68)54-80-86(75,76)82-58-63(56-78-65(70)50-44-38-33-27-24-20-22-26-32-36-42-48-60(5)6)84-67(72)52-46-40-34-28-23-19-17-15-16-18-21-25-31-35-41-47-59(3)4/h59-63,68H,7-58H2,1-6H3,(H,73,74)(H,75,76)/t61-,62+,63+/m0/s1. The lowest BCUT2D eigenvalue weighted by atomic mass is 10.0. The summed E-state index contributed by atoms with van der Waals surface area (Å²) in [6.07, 6.45) is 43.4. The van der Waals surface area contributed by atoms with E-state index >= 15 is 0 Å². The Morgan fingerprint density at radius 3 is 0.791 bits per heavy atom. The number of esters is 4. The van der Waals surface area contributed by atoms with Crippen LogP contribution in [-0.4, -0.2) is 96.7 Å². The van der Waals surface area contributed by atoms with Crippen LogP contribution >= 0.6 is 15.6 Å². The van der Waals surface area contributed by atoms with Gasteiger partial charge in [-0.1, -0.05) is 286 Å². The zero-order chi connectivity index (χ0) is 63.6. The maximum Gasteiger partial charge on any atom is 0.472 e. The first-order valence-corrected chi connectivity index (χ1v) is 38.0. The van der Waals surface area contributed by atoms with E-state index < -0.39 is 97.5 Å². The Kier molecular flexibility index (Phi) is 58.0. The summed E-state index contributed by atoms with van der Waals surface area (Å²) in [6.45, 7) is 9.47. The molecule has 510 valence electrons. The number of ether oxygens (including phenoxy) is 4. The van der Waals surface area contributed by atoms with Crippen LogP contribution in [0.25, 0.3) is 0 Å². The van der Waals surface area contributed by atoms with E-state index in [-0.39, 0.29) is 25.7 Å². The molecule has 0 radical (unpaired) electrons. The van der Waals surface area contributed by atoms with Crippen LogP contribution in [0, 0.1) is 11.8 Å². The summed E-state index contributed by atoms with van der Waals surface area (Å²) in [5.74, 6) is -0.564. The highest BCUT2D eigenvalue weighted by Crippen LogP contribution is 2.45. The molecule has 0 heterocycles. The molecule has 0 fully saturated rings. The van der Waals surface area contributed by atoms with Gasteiger partial charge in [0.2, 0.25) is 0 Å². The molecular weight excluding hydrogens is 1140 g/mol. The van der Waals surface area contributed by atoms with Gasteiger partial charge in [-0.05, 0) is 37.5 Å². The highest BCUT2D eigenvalue weighted by Gasteiger charge is 2.30. The molecule has 17 nitrogen and oxygen atoms in total. The summed E-state index contributed by atoms with van der Waals surface area (Å²) in [7, 11) is -9.88. The first kappa shape index (κ1) is 84.1. The molecule has 0 amide bonds. The molecule has 0 aliphatic carbocycles. The fourth-order valence-corrected chi connectivity index (χ4v) is 11.6. The van der Waals surface area contributed by atoms with E-state index in [4.69, 9.17) is 37.0 Å². The lowest BCUT2D eigenvalue weighted by Crippen LogP contribution is -2.30. The lowest BCUT2D eigenvalue weighted by molar-refractivity contribution is -0.161. The van der Waals surface area contributed by atoms with Crippen molar-refractivity contribution >= 4 is 39.5 Å². The normalized spacial score (nSPS) is 14.2. The molecule has 0 bridgehead atoms. The Hall–Kier alpha value is -1.94. The second-order valence-corrected chi connectivity index (χ2v) is 28.1. The zero-order valence-electron chi connectivity index (χ0n) is 55.6. The van der Waals surface area contributed by atoms with Crippen LogP contribution in [0.4, 0.5) is 0 Å². The summed E-state index contributed by atoms with van der Waals surface area (Å²) >= 11 is 0. The van der Waals surface area contributed by atoms with Crippen LogP contribution in [0.2, 0.25) is 0 Å². The molecule has 0 spiro atoms. The Bertz CT molecular complexity index is 1680. The molecule has 0 saturated carbocycles. The van der Waals surface area contributed by atoms with Gasteiger partial charge >= 0.3 is 39.5 Å². The highest BCUT2D eigenvalue weighted by molar-refractivity contribution is 7.47. The lowest BCUT2D eigenvalue weighted by Gasteiger charge is -2.21. The van der Waals surface area contributed by atoms with Crippen molar-refractivity contribution in [1.82, 2.24) is 0 Å². The number of rotatable bonds is 66. The number of hydrogen-bond donors (Lipinski definition) is 3. The van der Waals surface area contributed by atoms with E-state index in [9.17, 15) is 43.2 Å². The summed E-state index contributed by atoms with van der Waals surface area (Å²) in [6, 6.07) is 0. The maximum absolute atomic E-state index is 13.0. The van der Waals surface area contributed by atoms with Crippen LogP contribution in [0.3, 0.4) is 0 Å². The number of carbonyl (C=O) groups excluding carboxylic acids is 4. The topological polar surface area (TPSA) is 237 Å². The van der Waals surface area contributed by atoms with Crippen molar-refractivity contribution in [3.05, 3.63) is 0 Å². The fraction of sp³-hybridized carbons (Fsp3) is 0.940. The number of aliphatic hydroxyl groups excluding tert-OH is 1. The van der Waals surface area contributed by atoms with E-state index in [1.807, 2.05) is 0 Å². The van der Waals surface area contributed by atoms with Crippen LogP contribution in [-0.2, 0) is 65.4 Å². The van der Waals surface area contributed by atoms with Gasteiger partial charge in [0, 0.05) is 25.7 Å². The van der Waals surface area contributed by atoms with Gasteiger partial charge in [0.15, 0.2) is 12.2 Å². The Morgan fingerprint density at radius 1 is 0.314 bits per heavy atom. The number of hydrogen-bond acceptors (Lipinski definition) is 15. The van der Waals surface area contributed by atoms with Crippen LogP contribution in [0.15, 0.2) is 0 Å². The predicted octanol–water partition coefficient (Wildman–Crippen LogP) is 18.8. The quantitative estimate of drug-likeness (QED) is 0.0222. The highest BCUT2D eigenvalue weighted by atomic mass is 31.2. The number of carbonyl (C=O) groups is 4.